The Balaban J connectivity index is 3.02. The maximum atomic E-state index is 10.4. The summed E-state index contributed by atoms with van der Waals surface area (Å²) in [7, 11) is 1.63. The third-order valence-electron chi connectivity index (χ3n) is 2.49. The molecule has 0 fully saturated rings. The molecule has 0 saturated heterocycles. The molecule has 1 rings (SSSR count). The molecular weight excluding hydrogens is 188 g/mol. The maximum absolute atomic E-state index is 10.4. The van der Waals surface area contributed by atoms with E-state index in [0.717, 1.165) is 17.7 Å². The van der Waals surface area contributed by atoms with E-state index in [0.29, 0.717) is 5.92 Å². The quantitative estimate of drug-likeness (QED) is 0.824. The maximum Gasteiger partial charge on any atom is 0.124 e. The number of hydrogen-bond donors (Lipinski definition) is 1. The van der Waals surface area contributed by atoms with Crippen molar-refractivity contribution in [3.05, 3.63) is 29.8 Å². The molecule has 1 aromatic carbocycles. The molecule has 2 heteroatoms. The zero-order valence-corrected chi connectivity index (χ0v) is 9.95. The molecule has 0 saturated carbocycles. The number of hydrogen-bond acceptors (Lipinski definition) is 2. The van der Waals surface area contributed by atoms with Crippen LogP contribution in [0.15, 0.2) is 24.3 Å². The summed E-state index contributed by atoms with van der Waals surface area (Å²) in [5, 5.41) is 10.4. The second kappa shape index (κ2) is 4.67. The van der Waals surface area contributed by atoms with Crippen LogP contribution in [0.25, 0.3) is 0 Å². The van der Waals surface area contributed by atoms with Gasteiger partial charge in [0.05, 0.1) is 12.7 Å². The second-order valence-electron chi connectivity index (χ2n) is 4.57. The zero-order valence-electron chi connectivity index (χ0n) is 9.95. The Bertz CT molecular complexity index is 316. The van der Waals surface area contributed by atoms with Gasteiger partial charge in [0.25, 0.3) is 0 Å². The Morgan fingerprint density at radius 1 is 1.33 bits per heavy atom. The fourth-order valence-electron chi connectivity index (χ4n) is 1.99. The third kappa shape index (κ3) is 2.96. The highest BCUT2D eigenvalue weighted by Crippen LogP contribution is 2.34. The molecule has 1 aromatic rings. The predicted molar refractivity (Wildman–Crippen MR) is 62.0 cm³/mol. The van der Waals surface area contributed by atoms with Gasteiger partial charge in [0, 0.05) is 5.56 Å². The van der Waals surface area contributed by atoms with Crippen molar-refractivity contribution in [1.29, 1.82) is 0 Å². The van der Waals surface area contributed by atoms with Crippen molar-refractivity contribution in [2.24, 2.45) is 5.92 Å². The van der Waals surface area contributed by atoms with Gasteiger partial charge in [-0.1, -0.05) is 32.0 Å². The minimum Gasteiger partial charge on any atom is -0.496 e. The molecule has 0 aliphatic heterocycles. The number of para-hydroxylation sites is 1. The van der Waals surface area contributed by atoms with Gasteiger partial charge in [0.2, 0.25) is 0 Å². The van der Waals surface area contributed by atoms with Crippen LogP contribution in [0.1, 0.15) is 32.8 Å². The van der Waals surface area contributed by atoms with Crippen molar-refractivity contribution in [3.63, 3.8) is 0 Å². The van der Waals surface area contributed by atoms with Crippen LogP contribution < -0.4 is 4.74 Å². The van der Waals surface area contributed by atoms with Crippen molar-refractivity contribution >= 4 is 0 Å². The van der Waals surface area contributed by atoms with Gasteiger partial charge in [-0.3, -0.25) is 0 Å². The van der Waals surface area contributed by atoms with Crippen molar-refractivity contribution in [3.8, 4) is 5.75 Å². The van der Waals surface area contributed by atoms with Crippen molar-refractivity contribution in [2.75, 3.05) is 7.11 Å². The molecule has 2 nitrogen and oxygen atoms in total. The van der Waals surface area contributed by atoms with Crippen molar-refractivity contribution in [2.45, 2.75) is 32.8 Å². The lowest BCUT2D eigenvalue weighted by Crippen LogP contribution is -2.24. The number of methoxy groups -OCH3 is 1. The molecule has 0 heterocycles. The van der Waals surface area contributed by atoms with E-state index < -0.39 is 5.60 Å². The van der Waals surface area contributed by atoms with Crippen LogP contribution in [0.5, 0.6) is 5.75 Å². The Kier molecular flexibility index (Phi) is 3.75. The lowest BCUT2D eigenvalue weighted by Gasteiger charge is -2.27. The highest BCUT2D eigenvalue weighted by atomic mass is 16.5. The number of benzene rings is 1. The van der Waals surface area contributed by atoms with E-state index in [2.05, 4.69) is 13.8 Å². The molecule has 0 aromatic heterocycles. The highest BCUT2D eigenvalue weighted by molar-refractivity contribution is 5.37. The largest absolute Gasteiger partial charge is 0.496 e. The van der Waals surface area contributed by atoms with Gasteiger partial charge in [-0.05, 0) is 25.3 Å². The van der Waals surface area contributed by atoms with Gasteiger partial charge < -0.3 is 9.84 Å². The predicted octanol–water partition coefficient (Wildman–Crippen LogP) is 2.95. The SMILES string of the molecule is COc1ccccc1C(C)(O)CC(C)C. The Hall–Kier alpha value is -1.02. The van der Waals surface area contributed by atoms with Gasteiger partial charge in [-0.25, -0.2) is 0 Å². The molecule has 15 heavy (non-hydrogen) atoms. The molecule has 0 spiro atoms. The summed E-state index contributed by atoms with van der Waals surface area (Å²) in [6.45, 7) is 6.04. The summed E-state index contributed by atoms with van der Waals surface area (Å²) in [4.78, 5) is 0. The average molecular weight is 208 g/mol. The number of ether oxygens (including phenoxy) is 1. The normalized spacial score (nSPS) is 15.1. The van der Waals surface area contributed by atoms with E-state index in [-0.39, 0.29) is 0 Å². The first-order valence-electron chi connectivity index (χ1n) is 5.33. The lowest BCUT2D eigenvalue weighted by atomic mass is 9.87. The Morgan fingerprint density at radius 2 is 1.93 bits per heavy atom. The second-order valence-corrected chi connectivity index (χ2v) is 4.57. The van der Waals surface area contributed by atoms with E-state index in [1.54, 1.807) is 7.11 Å². The van der Waals surface area contributed by atoms with Crippen LogP contribution in [0.2, 0.25) is 0 Å². The van der Waals surface area contributed by atoms with E-state index in [1.807, 2.05) is 31.2 Å². The van der Waals surface area contributed by atoms with Crippen LogP contribution in [0, 0.1) is 5.92 Å². The Morgan fingerprint density at radius 3 is 2.47 bits per heavy atom. The van der Waals surface area contributed by atoms with Crippen LogP contribution >= 0.6 is 0 Å². The summed E-state index contributed by atoms with van der Waals surface area (Å²) in [5.74, 6) is 1.20. The standard InChI is InChI=1S/C13H20O2/c1-10(2)9-13(3,14)11-7-5-6-8-12(11)15-4/h5-8,10,14H,9H2,1-4H3. The molecule has 0 aliphatic carbocycles. The summed E-state index contributed by atoms with van der Waals surface area (Å²) in [6.07, 6.45) is 0.730. The summed E-state index contributed by atoms with van der Waals surface area (Å²) >= 11 is 0. The van der Waals surface area contributed by atoms with Gasteiger partial charge in [0.1, 0.15) is 5.75 Å². The molecule has 1 N–H and O–H groups in total. The first-order chi connectivity index (χ1) is 6.97. The molecule has 0 amide bonds. The fraction of sp³-hybridized carbons (Fsp3) is 0.538. The number of aliphatic hydroxyl groups is 1. The van der Waals surface area contributed by atoms with E-state index in [9.17, 15) is 5.11 Å². The summed E-state index contributed by atoms with van der Waals surface area (Å²) in [5.41, 5.74) is 0.0435. The molecule has 0 radical (unpaired) electrons. The monoisotopic (exact) mass is 208 g/mol. The molecule has 0 bridgehead atoms. The molecule has 1 atom stereocenters. The van der Waals surface area contributed by atoms with Crippen molar-refractivity contribution < 1.29 is 9.84 Å². The van der Waals surface area contributed by atoms with E-state index >= 15 is 0 Å². The minimum atomic E-state index is -0.819. The first-order valence-corrected chi connectivity index (χ1v) is 5.33. The minimum absolute atomic E-state index is 0.449. The highest BCUT2D eigenvalue weighted by Gasteiger charge is 2.27. The van der Waals surface area contributed by atoms with Crippen LogP contribution in [-0.2, 0) is 5.60 Å². The number of rotatable bonds is 4. The average Bonchev–Trinajstić information content (AvgIpc) is 2.16. The van der Waals surface area contributed by atoms with E-state index in [4.69, 9.17) is 4.74 Å². The Labute approximate surface area is 91.9 Å². The van der Waals surface area contributed by atoms with Gasteiger partial charge in [-0.15, -0.1) is 0 Å². The smallest absolute Gasteiger partial charge is 0.124 e. The third-order valence-corrected chi connectivity index (χ3v) is 2.49. The van der Waals surface area contributed by atoms with Crippen LogP contribution in [0.4, 0.5) is 0 Å². The van der Waals surface area contributed by atoms with Gasteiger partial charge >= 0.3 is 0 Å². The molecular formula is C13H20O2. The van der Waals surface area contributed by atoms with Gasteiger partial charge in [0.15, 0.2) is 0 Å². The molecule has 0 aliphatic rings. The fourth-order valence-corrected chi connectivity index (χ4v) is 1.99. The summed E-state index contributed by atoms with van der Waals surface area (Å²) < 4.78 is 5.25. The summed E-state index contributed by atoms with van der Waals surface area (Å²) in [6, 6.07) is 7.63. The molecule has 1 unspecified atom stereocenters. The van der Waals surface area contributed by atoms with Crippen LogP contribution in [-0.4, -0.2) is 12.2 Å². The lowest BCUT2D eigenvalue weighted by molar-refractivity contribution is 0.0325. The van der Waals surface area contributed by atoms with Crippen LogP contribution in [0.3, 0.4) is 0 Å². The van der Waals surface area contributed by atoms with E-state index in [1.165, 1.54) is 0 Å². The first kappa shape index (κ1) is 12.1. The van der Waals surface area contributed by atoms with Crippen molar-refractivity contribution in [1.82, 2.24) is 0 Å². The topological polar surface area (TPSA) is 29.5 Å². The zero-order chi connectivity index (χ0) is 11.5. The van der Waals surface area contributed by atoms with Gasteiger partial charge in [-0.2, -0.15) is 0 Å². The molecule has 84 valence electrons.